The smallest absolute Gasteiger partial charge is 0.325 e. The molecule has 2 amide bonds. The highest BCUT2D eigenvalue weighted by Gasteiger charge is 2.14. The molecule has 1 unspecified atom stereocenters. The molecule has 0 aliphatic heterocycles. The Morgan fingerprint density at radius 1 is 1.14 bits per heavy atom. The minimum absolute atomic E-state index is 0.191. The Hall–Kier alpha value is -3.10. The van der Waals surface area contributed by atoms with Crippen LogP contribution in [0.4, 0.5) is 15.6 Å². The van der Waals surface area contributed by atoms with Crippen LogP contribution in [0.2, 0.25) is 0 Å². The van der Waals surface area contributed by atoms with E-state index >= 15 is 0 Å². The van der Waals surface area contributed by atoms with Crippen LogP contribution >= 0.6 is 11.3 Å². The summed E-state index contributed by atoms with van der Waals surface area (Å²) in [7, 11) is 3.10. The quantitative estimate of drug-likeness (QED) is 0.508. The summed E-state index contributed by atoms with van der Waals surface area (Å²) in [6, 6.07) is 14.7. The summed E-state index contributed by atoms with van der Waals surface area (Å²) in [5.41, 5.74) is 8.77. The van der Waals surface area contributed by atoms with E-state index in [1.165, 1.54) is 24.0 Å². The molecular weight excluding hydrogens is 388 g/mol. The molecule has 0 bridgehead atoms. The fourth-order valence-electron chi connectivity index (χ4n) is 2.79. The fraction of sp³-hybridized carbons (Fsp3) is 0.238. The molecule has 2 aromatic carbocycles. The molecule has 1 aromatic heterocycles. The van der Waals surface area contributed by atoms with E-state index < -0.39 is 6.03 Å². The Morgan fingerprint density at radius 3 is 2.66 bits per heavy atom. The lowest BCUT2D eigenvalue weighted by Gasteiger charge is -2.12. The van der Waals surface area contributed by atoms with Crippen LogP contribution in [0.3, 0.4) is 0 Å². The number of aryl methyl sites for hydroxylation is 1. The van der Waals surface area contributed by atoms with Crippen molar-refractivity contribution in [3.8, 4) is 11.5 Å². The van der Waals surface area contributed by atoms with Crippen LogP contribution in [0.15, 0.2) is 53.9 Å². The van der Waals surface area contributed by atoms with E-state index in [9.17, 15) is 4.79 Å². The van der Waals surface area contributed by atoms with Gasteiger partial charge in [0.15, 0.2) is 5.13 Å². The molecule has 7 nitrogen and oxygen atoms in total. The fourth-order valence-corrected chi connectivity index (χ4v) is 3.56. The highest BCUT2D eigenvalue weighted by atomic mass is 32.1. The number of carbonyl (C=O) groups excluding carboxylic acids is 1. The van der Waals surface area contributed by atoms with E-state index in [1.54, 1.807) is 25.3 Å². The monoisotopic (exact) mass is 412 g/mol. The summed E-state index contributed by atoms with van der Waals surface area (Å²) < 4.78 is 10.5. The van der Waals surface area contributed by atoms with Crippen LogP contribution in [-0.2, 0) is 6.42 Å². The second-order valence-electron chi connectivity index (χ2n) is 6.35. The minimum atomic E-state index is -0.421. The zero-order valence-electron chi connectivity index (χ0n) is 16.3. The summed E-state index contributed by atoms with van der Waals surface area (Å²) in [5.74, 6) is 1.14. The lowest BCUT2D eigenvalue weighted by Crippen LogP contribution is -2.20. The molecule has 4 N–H and O–H groups in total. The van der Waals surface area contributed by atoms with Crippen molar-refractivity contribution in [1.82, 2.24) is 4.98 Å². The average molecular weight is 413 g/mol. The van der Waals surface area contributed by atoms with Gasteiger partial charge in [0.2, 0.25) is 0 Å². The van der Waals surface area contributed by atoms with Gasteiger partial charge >= 0.3 is 6.03 Å². The maximum Gasteiger partial charge on any atom is 0.325 e. The number of nitrogens with zero attached hydrogens (tertiary/aromatic N) is 1. The van der Waals surface area contributed by atoms with Gasteiger partial charge in [0.1, 0.15) is 11.5 Å². The number of amides is 2. The van der Waals surface area contributed by atoms with Gasteiger partial charge in [-0.25, -0.2) is 9.78 Å². The van der Waals surface area contributed by atoms with E-state index in [4.69, 9.17) is 15.2 Å². The SMILES string of the molecule is COc1ccc(OC)c(NC(=O)Nc2nc(C(N)CCc3ccccc3)cs2)c1. The molecule has 29 heavy (non-hydrogen) atoms. The first-order chi connectivity index (χ1) is 14.1. The average Bonchev–Trinajstić information content (AvgIpc) is 3.21. The first kappa shape index (κ1) is 20.6. The van der Waals surface area contributed by atoms with Crippen molar-refractivity contribution in [2.24, 2.45) is 5.73 Å². The van der Waals surface area contributed by atoms with Gasteiger partial charge in [-0.05, 0) is 30.5 Å². The van der Waals surface area contributed by atoms with Crippen LogP contribution in [0.1, 0.15) is 23.7 Å². The maximum atomic E-state index is 12.4. The second-order valence-corrected chi connectivity index (χ2v) is 7.21. The van der Waals surface area contributed by atoms with Crippen LogP contribution in [0.25, 0.3) is 0 Å². The lowest BCUT2D eigenvalue weighted by atomic mass is 10.0. The van der Waals surface area contributed by atoms with Crippen molar-refractivity contribution in [2.75, 3.05) is 24.9 Å². The number of rotatable bonds is 8. The standard InChI is InChI=1S/C21H24N4O3S/c1-27-15-9-11-19(28-2)17(12-15)23-20(26)25-21-24-18(13-29-21)16(22)10-8-14-6-4-3-5-7-14/h3-7,9,11-13,16H,8,10,22H2,1-2H3,(H2,23,24,25,26). The topological polar surface area (TPSA) is 98.5 Å². The van der Waals surface area contributed by atoms with Crippen LogP contribution in [0, 0.1) is 0 Å². The number of ether oxygens (including phenoxy) is 2. The molecule has 0 saturated carbocycles. The van der Waals surface area contributed by atoms with Crippen LogP contribution in [0.5, 0.6) is 11.5 Å². The Morgan fingerprint density at radius 2 is 1.93 bits per heavy atom. The van der Waals surface area contributed by atoms with Crippen molar-refractivity contribution >= 4 is 28.2 Å². The summed E-state index contributed by atoms with van der Waals surface area (Å²) in [6.45, 7) is 0. The molecule has 0 radical (unpaired) electrons. The number of benzene rings is 2. The number of thiazole rings is 1. The van der Waals surface area contributed by atoms with E-state index in [0.29, 0.717) is 22.3 Å². The third-order valence-electron chi connectivity index (χ3n) is 4.36. The van der Waals surface area contributed by atoms with Gasteiger partial charge < -0.3 is 20.5 Å². The number of hydrogen-bond acceptors (Lipinski definition) is 6. The van der Waals surface area contributed by atoms with E-state index in [2.05, 4.69) is 27.8 Å². The maximum absolute atomic E-state index is 12.4. The molecule has 152 valence electrons. The number of aromatic nitrogens is 1. The van der Waals surface area contributed by atoms with Gasteiger partial charge in [0.05, 0.1) is 25.6 Å². The van der Waals surface area contributed by atoms with Crippen LogP contribution in [-0.4, -0.2) is 25.2 Å². The van der Waals surface area contributed by atoms with Crippen molar-refractivity contribution < 1.29 is 14.3 Å². The highest BCUT2D eigenvalue weighted by molar-refractivity contribution is 7.13. The first-order valence-electron chi connectivity index (χ1n) is 9.14. The number of urea groups is 1. The molecule has 0 fully saturated rings. The second kappa shape index (κ2) is 9.90. The summed E-state index contributed by atoms with van der Waals surface area (Å²) >= 11 is 1.34. The predicted octanol–water partition coefficient (Wildman–Crippen LogP) is 4.44. The largest absolute Gasteiger partial charge is 0.497 e. The molecule has 3 rings (SSSR count). The summed E-state index contributed by atoms with van der Waals surface area (Å²) in [4.78, 5) is 16.8. The molecular formula is C21H24N4O3S. The molecule has 1 atom stereocenters. The third kappa shape index (κ3) is 5.69. The minimum Gasteiger partial charge on any atom is -0.497 e. The van der Waals surface area contributed by atoms with E-state index in [1.807, 2.05) is 23.6 Å². The highest BCUT2D eigenvalue weighted by Crippen LogP contribution is 2.29. The normalized spacial score (nSPS) is 11.6. The van der Waals surface area contributed by atoms with Crippen molar-refractivity contribution in [1.29, 1.82) is 0 Å². The number of anilines is 2. The summed E-state index contributed by atoms with van der Waals surface area (Å²) in [5, 5.41) is 7.84. The number of nitrogens with one attached hydrogen (secondary N) is 2. The zero-order valence-corrected chi connectivity index (χ0v) is 17.2. The van der Waals surface area contributed by atoms with Gasteiger partial charge in [-0.3, -0.25) is 5.32 Å². The Labute approximate surface area is 173 Å². The van der Waals surface area contributed by atoms with Gasteiger partial charge in [0.25, 0.3) is 0 Å². The number of hydrogen-bond donors (Lipinski definition) is 3. The Kier molecular flexibility index (Phi) is 7.04. The van der Waals surface area contributed by atoms with Crippen LogP contribution < -0.4 is 25.8 Å². The molecule has 8 heteroatoms. The van der Waals surface area contributed by atoms with E-state index in [0.717, 1.165) is 18.5 Å². The Balaban J connectivity index is 1.57. The summed E-state index contributed by atoms with van der Waals surface area (Å²) in [6.07, 6.45) is 1.65. The first-order valence-corrected chi connectivity index (χ1v) is 10.0. The number of methoxy groups -OCH3 is 2. The van der Waals surface area contributed by atoms with Gasteiger partial charge in [-0.1, -0.05) is 30.3 Å². The predicted molar refractivity (Wildman–Crippen MR) is 116 cm³/mol. The Bertz CT molecular complexity index is 946. The number of carbonyl (C=O) groups is 1. The third-order valence-corrected chi connectivity index (χ3v) is 5.14. The molecule has 0 aliphatic carbocycles. The van der Waals surface area contributed by atoms with E-state index in [-0.39, 0.29) is 6.04 Å². The van der Waals surface area contributed by atoms with Gasteiger partial charge in [-0.2, -0.15) is 0 Å². The molecule has 1 heterocycles. The van der Waals surface area contributed by atoms with Crippen molar-refractivity contribution in [2.45, 2.75) is 18.9 Å². The lowest BCUT2D eigenvalue weighted by molar-refractivity contribution is 0.262. The van der Waals surface area contributed by atoms with Crippen molar-refractivity contribution in [3.05, 3.63) is 65.2 Å². The molecule has 0 spiro atoms. The molecule has 0 saturated heterocycles. The number of nitrogens with two attached hydrogens (primary N) is 1. The zero-order chi connectivity index (χ0) is 20.6. The molecule has 0 aliphatic rings. The van der Waals surface area contributed by atoms with Gasteiger partial charge in [-0.15, -0.1) is 11.3 Å². The molecule has 3 aromatic rings. The van der Waals surface area contributed by atoms with Crippen molar-refractivity contribution in [3.63, 3.8) is 0 Å². The van der Waals surface area contributed by atoms with Gasteiger partial charge in [0, 0.05) is 17.5 Å².